The van der Waals surface area contributed by atoms with Gasteiger partial charge in [-0.25, -0.2) is 38.1 Å². The monoisotopic (exact) mass is 493 g/mol. The smallest absolute Gasteiger partial charge is 0.186 e. The van der Waals surface area contributed by atoms with Gasteiger partial charge in [-0.2, -0.15) is 0 Å². The maximum Gasteiger partial charge on any atom is 0.186 e. The number of nitrogens with one attached hydrogen (secondary N) is 4. The van der Waals surface area contributed by atoms with E-state index in [4.69, 9.17) is 0 Å². The first-order valence-corrected chi connectivity index (χ1v) is 11.6. The Bertz CT molecular complexity index is 1580. The quantitative estimate of drug-likeness (QED) is 0.276. The molecule has 5 aromatic rings. The second kappa shape index (κ2) is 8.77. The summed E-state index contributed by atoms with van der Waals surface area (Å²) in [5, 5.41) is 6.98. The van der Waals surface area contributed by atoms with Crippen LogP contribution < -0.4 is 10.6 Å². The van der Waals surface area contributed by atoms with E-state index in [1.54, 1.807) is 6.33 Å². The number of hydrogen-bond donors (Lipinski definition) is 4. The highest BCUT2D eigenvalue weighted by Gasteiger charge is 2.25. The summed E-state index contributed by atoms with van der Waals surface area (Å²) >= 11 is 0. The number of benzene rings is 1. The van der Waals surface area contributed by atoms with Crippen LogP contribution in [-0.2, 0) is 0 Å². The predicted octanol–water partition coefficient (Wildman–Crippen LogP) is 4.85. The van der Waals surface area contributed by atoms with Crippen LogP contribution in [0, 0.1) is 24.4 Å². The van der Waals surface area contributed by atoms with Crippen LogP contribution in [0.25, 0.3) is 33.5 Å². The van der Waals surface area contributed by atoms with Gasteiger partial charge in [0.1, 0.15) is 23.5 Å². The molecule has 0 radical (unpaired) electrons. The Labute approximate surface area is 203 Å². The zero-order chi connectivity index (χ0) is 24.8. The van der Waals surface area contributed by atoms with Gasteiger partial charge in [-0.05, 0) is 38.7 Å². The van der Waals surface area contributed by atoms with Crippen molar-refractivity contribution in [2.75, 3.05) is 10.6 Å². The summed E-state index contributed by atoms with van der Waals surface area (Å²) < 4.78 is 43.1. The molecule has 1 fully saturated rings. The summed E-state index contributed by atoms with van der Waals surface area (Å²) in [6.07, 6.45) is 7.94. The van der Waals surface area contributed by atoms with Crippen molar-refractivity contribution in [3.8, 4) is 11.4 Å². The Morgan fingerprint density at radius 3 is 2.56 bits per heavy atom. The molecule has 1 aliphatic rings. The lowest BCUT2D eigenvalue weighted by Gasteiger charge is -2.31. The minimum atomic E-state index is -0.717. The largest absolute Gasteiger partial charge is 0.365 e. The van der Waals surface area contributed by atoms with E-state index in [2.05, 4.69) is 45.5 Å². The highest BCUT2D eigenvalue weighted by atomic mass is 19.1. The number of imidazole rings is 1. The molecule has 0 unspecified atom stereocenters. The first-order chi connectivity index (χ1) is 17.5. The van der Waals surface area contributed by atoms with Crippen LogP contribution in [0.15, 0.2) is 31.0 Å². The molecular formula is C24H22F3N9. The molecular weight excluding hydrogens is 471 g/mol. The normalized spacial score (nSPS) is 18.1. The molecule has 1 saturated carbocycles. The Kier molecular flexibility index (Phi) is 5.42. The van der Waals surface area contributed by atoms with Crippen molar-refractivity contribution < 1.29 is 13.2 Å². The number of hydrogen-bond acceptors (Lipinski definition) is 7. The zero-order valence-electron chi connectivity index (χ0n) is 19.2. The molecule has 9 nitrogen and oxygen atoms in total. The van der Waals surface area contributed by atoms with Crippen LogP contribution in [0.1, 0.15) is 31.4 Å². The van der Waals surface area contributed by atoms with Gasteiger partial charge < -0.3 is 20.6 Å². The van der Waals surface area contributed by atoms with Crippen molar-refractivity contribution in [2.45, 2.75) is 44.7 Å². The molecule has 12 heteroatoms. The van der Waals surface area contributed by atoms with E-state index in [1.165, 1.54) is 25.5 Å². The average molecular weight is 493 g/mol. The molecule has 0 saturated heterocycles. The maximum absolute atomic E-state index is 15.0. The fourth-order valence-corrected chi connectivity index (χ4v) is 4.83. The van der Waals surface area contributed by atoms with E-state index in [1.807, 2.05) is 0 Å². The van der Waals surface area contributed by atoms with Crippen molar-refractivity contribution in [1.29, 1.82) is 0 Å². The van der Waals surface area contributed by atoms with Gasteiger partial charge in [-0.15, -0.1) is 0 Å². The predicted molar refractivity (Wildman–Crippen MR) is 129 cm³/mol. The second-order valence-electron chi connectivity index (χ2n) is 8.98. The number of H-pyrrole nitrogens is 2. The van der Waals surface area contributed by atoms with E-state index >= 15 is 4.39 Å². The number of anilines is 2. The van der Waals surface area contributed by atoms with Crippen LogP contribution in [0.2, 0.25) is 0 Å². The van der Waals surface area contributed by atoms with Crippen LogP contribution in [-0.4, -0.2) is 47.0 Å². The number of aryl methyl sites for hydroxylation is 1. The summed E-state index contributed by atoms with van der Waals surface area (Å²) in [5.41, 5.74) is 2.00. The number of aromatic amines is 2. The van der Waals surface area contributed by atoms with Crippen molar-refractivity contribution in [3.63, 3.8) is 0 Å². The summed E-state index contributed by atoms with van der Waals surface area (Å²) in [5.74, 6) is -1.07. The number of rotatable bonds is 5. The number of nitrogens with zero attached hydrogens (tertiary/aromatic N) is 5. The molecule has 0 spiro atoms. The van der Waals surface area contributed by atoms with Gasteiger partial charge in [0.05, 0.1) is 17.5 Å². The summed E-state index contributed by atoms with van der Waals surface area (Å²) in [6, 6.07) is 2.06. The average Bonchev–Trinajstić information content (AvgIpc) is 3.50. The number of halogens is 3. The lowest BCUT2D eigenvalue weighted by Crippen LogP contribution is -2.35. The van der Waals surface area contributed by atoms with E-state index in [0.29, 0.717) is 28.8 Å². The van der Waals surface area contributed by atoms with E-state index in [-0.39, 0.29) is 34.9 Å². The Morgan fingerprint density at radius 1 is 0.917 bits per heavy atom. The van der Waals surface area contributed by atoms with Gasteiger partial charge in [0, 0.05) is 35.3 Å². The van der Waals surface area contributed by atoms with Crippen molar-refractivity contribution in [1.82, 2.24) is 34.9 Å². The van der Waals surface area contributed by atoms with Crippen molar-refractivity contribution in [3.05, 3.63) is 54.1 Å². The third-order valence-electron chi connectivity index (χ3n) is 6.54. The fraction of sp³-hybridized carbons (Fsp3) is 0.292. The molecule has 184 valence electrons. The van der Waals surface area contributed by atoms with E-state index < -0.39 is 17.5 Å². The fourth-order valence-electron chi connectivity index (χ4n) is 4.83. The van der Waals surface area contributed by atoms with Crippen LogP contribution in [0.5, 0.6) is 0 Å². The second-order valence-corrected chi connectivity index (χ2v) is 8.98. The van der Waals surface area contributed by atoms with Gasteiger partial charge in [0.15, 0.2) is 28.9 Å². The first kappa shape index (κ1) is 22.3. The SMILES string of the molecule is Cc1nc(-c2c[nH]c3c(F)cc(F)cc23)nc(N[C@H]2CCC[C@@H](Nc3ncnc4nc[nH]c34)C2)c1F. The van der Waals surface area contributed by atoms with Crippen LogP contribution in [0.3, 0.4) is 0 Å². The van der Waals surface area contributed by atoms with Gasteiger partial charge in [0.25, 0.3) is 0 Å². The minimum Gasteiger partial charge on any atom is -0.365 e. The standard InChI is InChI=1S/C24H22F3N9/c1-11-18(27)22(36-21(33-11)16-8-28-19-15(16)5-12(25)6-17(19)26)34-13-3-2-4-14(7-13)35-24-20-23(30-9-29-20)31-10-32-24/h5-6,8-10,13-14,28H,2-4,7H2,1H3,(H,33,34,36)(H2,29,30,31,32,35)/t13-,14+/m0/s1. The maximum atomic E-state index is 15.0. The molecule has 0 amide bonds. The molecule has 6 rings (SSSR count). The van der Waals surface area contributed by atoms with Gasteiger partial charge >= 0.3 is 0 Å². The molecule has 4 N–H and O–H groups in total. The Balaban J connectivity index is 1.25. The molecule has 4 heterocycles. The van der Waals surface area contributed by atoms with Gasteiger partial charge in [-0.3, -0.25) is 0 Å². The van der Waals surface area contributed by atoms with Crippen LogP contribution >= 0.6 is 0 Å². The highest BCUT2D eigenvalue weighted by molar-refractivity contribution is 5.94. The minimum absolute atomic E-state index is 0.0511. The molecule has 2 atom stereocenters. The Hall–Kier alpha value is -4.22. The van der Waals surface area contributed by atoms with Gasteiger partial charge in [-0.1, -0.05) is 0 Å². The summed E-state index contributed by atoms with van der Waals surface area (Å²) in [4.78, 5) is 27.1. The van der Waals surface area contributed by atoms with E-state index in [0.717, 1.165) is 30.8 Å². The summed E-state index contributed by atoms with van der Waals surface area (Å²) in [7, 11) is 0. The highest BCUT2D eigenvalue weighted by Crippen LogP contribution is 2.32. The van der Waals surface area contributed by atoms with Gasteiger partial charge in [0.2, 0.25) is 0 Å². The Morgan fingerprint density at radius 2 is 1.72 bits per heavy atom. The van der Waals surface area contributed by atoms with Crippen molar-refractivity contribution >= 4 is 33.7 Å². The topological polar surface area (TPSA) is 120 Å². The third kappa shape index (κ3) is 3.97. The van der Waals surface area contributed by atoms with E-state index in [9.17, 15) is 8.78 Å². The molecule has 1 aliphatic carbocycles. The summed E-state index contributed by atoms with van der Waals surface area (Å²) in [6.45, 7) is 1.54. The first-order valence-electron chi connectivity index (χ1n) is 11.6. The van der Waals surface area contributed by atoms with Crippen LogP contribution in [0.4, 0.5) is 24.8 Å². The lowest BCUT2D eigenvalue weighted by atomic mass is 9.91. The molecule has 36 heavy (non-hydrogen) atoms. The number of fused-ring (bicyclic) bond motifs is 2. The zero-order valence-corrected chi connectivity index (χ0v) is 19.2. The molecule has 0 aliphatic heterocycles. The van der Waals surface area contributed by atoms with Crippen molar-refractivity contribution in [2.24, 2.45) is 0 Å². The third-order valence-corrected chi connectivity index (χ3v) is 6.54. The molecule has 0 bridgehead atoms. The lowest BCUT2D eigenvalue weighted by molar-refractivity contribution is 0.424. The molecule has 4 aromatic heterocycles. The molecule has 1 aromatic carbocycles. The number of aromatic nitrogens is 7.